The van der Waals surface area contributed by atoms with Crippen LogP contribution in [0.25, 0.3) is 0 Å². The Morgan fingerprint density at radius 3 is 1.12 bits per heavy atom. The molecule has 77 heavy (non-hydrogen) atoms. The van der Waals surface area contributed by atoms with Gasteiger partial charge in [-0.15, -0.1) is 0 Å². The summed E-state index contributed by atoms with van der Waals surface area (Å²) in [6.07, 6.45) is 34.7. The highest BCUT2D eigenvalue weighted by atomic mass is 28.4. The van der Waals surface area contributed by atoms with Gasteiger partial charge in [0.25, 0.3) is 22.5 Å². The molecule has 4 aromatic rings. The monoisotopic (exact) mass is 1090 g/mol. The van der Waals surface area contributed by atoms with Crippen molar-refractivity contribution in [1.29, 1.82) is 0 Å². The van der Waals surface area contributed by atoms with Crippen LogP contribution < -0.4 is 26.1 Å². The Labute approximate surface area is 474 Å². The van der Waals surface area contributed by atoms with Gasteiger partial charge >= 0.3 is 0 Å². The van der Waals surface area contributed by atoms with Crippen LogP contribution in [0.5, 0.6) is 0 Å². The van der Waals surface area contributed by atoms with Crippen molar-refractivity contribution in [2.45, 2.75) is 250 Å². The molecule has 4 aromatic carbocycles. The topological polar surface area (TPSA) is 77.0 Å². The van der Waals surface area contributed by atoms with Gasteiger partial charge in [-0.1, -0.05) is 324 Å². The molecule has 0 spiro atoms. The van der Waals surface area contributed by atoms with E-state index in [4.69, 9.17) is 18.7 Å². The van der Waals surface area contributed by atoms with E-state index in [2.05, 4.69) is 175 Å². The van der Waals surface area contributed by atoms with Crippen molar-refractivity contribution in [3.05, 3.63) is 121 Å². The lowest BCUT2D eigenvalue weighted by Crippen LogP contribution is -2.71. The number of nitrogens with one attached hydrogen (secondary N) is 1. The van der Waals surface area contributed by atoms with Crippen LogP contribution in [0.4, 0.5) is 0 Å². The number of carbonyl (C=O) groups excluding carboxylic acids is 1. The third kappa shape index (κ3) is 22.2. The van der Waals surface area contributed by atoms with E-state index >= 15 is 4.79 Å². The fraction of sp³-hybridized carbons (Fsp3) is 0.638. The Morgan fingerprint density at radius 1 is 0.416 bits per heavy atom. The highest BCUT2D eigenvalue weighted by Crippen LogP contribution is 2.42. The standard InChI is InChI=1S/C69H111NO5Si2/c1-8-9-10-11-12-13-14-15-18-21-24-27-30-45-59-73-60-46-56-69(55-43-28-25-22-19-16-17-20-23-26-29-44-58-71,75-77(68(5,6)7,64-51-39-33-40-52-64)65-53-41-34-42-54-65)66(72)70-57-61-74-76(67(2,3)4,62-47-35-31-36-48-62)63-49-37-32-38-50-63/h31-42,47-54,71H,8-30,43-46,55-61H2,1-7H3,(H,70,72). The van der Waals surface area contributed by atoms with Gasteiger partial charge in [0.2, 0.25) is 0 Å². The van der Waals surface area contributed by atoms with Crippen LogP contribution in [0.15, 0.2) is 121 Å². The van der Waals surface area contributed by atoms with Gasteiger partial charge in [-0.25, -0.2) is 0 Å². The Bertz CT molecular complexity index is 1980. The molecular formula is C69H111NO5Si2. The molecule has 8 heteroatoms. The minimum atomic E-state index is -3.20. The Morgan fingerprint density at radius 2 is 0.740 bits per heavy atom. The molecule has 2 N–H and O–H groups in total. The number of hydrogen-bond donors (Lipinski definition) is 2. The lowest BCUT2D eigenvalue weighted by Gasteiger charge is -2.49. The van der Waals surface area contributed by atoms with Gasteiger partial charge < -0.3 is 24.0 Å². The van der Waals surface area contributed by atoms with Gasteiger partial charge in [0, 0.05) is 26.4 Å². The summed E-state index contributed by atoms with van der Waals surface area (Å²) in [4.78, 5) is 15.8. The van der Waals surface area contributed by atoms with Gasteiger partial charge in [0.1, 0.15) is 5.60 Å². The molecule has 0 heterocycles. The van der Waals surface area contributed by atoms with Crippen LogP contribution in [-0.4, -0.2) is 66.2 Å². The third-order valence-electron chi connectivity index (χ3n) is 16.3. The van der Waals surface area contributed by atoms with Crippen molar-refractivity contribution < 1.29 is 23.5 Å². The van der Waals surface area contributed by atoms with Gasteiger partial charge in [-0.3, -0.25) is 4.79 Å². The van der Waals surface area contributed by atoms with Crippen LogP contribution >= 0.6 is 0 Å². The zero-order valence-corrected chi connectivity index (χ0v) is 52.2. The quantitative estimate of drug-likeness (QED) is 0.0341. The summed E-state index contributed by atoms with van der Waals surface area (Å²) >= 11 is 0. The average Bonchev–Trinajstić information content (AvgIpc) is 3.44. The van der Waals surface area contributed by atoms with E-state index in [-0.39, 0.29) is 16.0 Å². The molecule has 0 saturated carbocycles. The first-order valence-corrected chi connectivity index (χ1v) is 35.2. The van der Waals surface area contributed by atoms with E-state index in [0.29, 0.717) is 39.2 Å². The second-order valence-corrected chi connectivity index (χ2v) is 33.1. The zero-order valence-electron chi connectivity index (χ0n) is 50.2. The summed E-state index contributed by atoms with van der Waals surface area (Å²) in [6, 6.07) is 43.3. The Hall–Kier alpha value is -3.38. The van der Waals surface area contributed by atoms with Gasteiger partial charge in [0.05, 0.1) is 6.61 Å². The third-order valence-corrected chi connectivity index (χ3v) is 26.4. The maximum Gasteiger partial charge on any atom is 0.262 e. The first kappa shape index (κ1) is 66.1. The fourth-order valence-electron chi connectivity index (χ4n) is 12.0. The number of benzene rings is 4. The van der Waals surface area contributed by atoms with Gasteiger partial charge in [-0.05, 0) is 62.9 Å². The molecule has 0 saturated heterocycles. The summed E-state index contributed by atoms with van der Waals surface area (Å²) in [7, 11) is -6.02. The normalized spacial score (nSPS) is 13.2. The molecule has 4 rings (SSSR count). The fourth-order valence-corrected chi connectivity index (χ4v) is 21.4. The molecule has 6 nitrogen and oxygen atoms in total. The largest absolute Gasteiger partial charge is 0.406 e. The molecule has 1 unspecified atom stereocenters. The number of aliphatic hydroxyl groups excluding tert-OH is 1. The second kappa shape index (κ2) is 37.5. The summed E-state index contributed by atoms with van der Waals surface area (Å²) in [5, 5.41) is 17.0. The SMILES string of the molecule is CCCCCCCCCCCCCCCCOCCCC(CCCCCCCCCCCCCCO)(O[Si](c1ccccc1)(c1ccccc1)C(C)(C)C)C(=O)NCCO[Si](c1ccccc1)(c1ccccc1)C(C)(C)C. The summed E-state index contributed by atoms with van der Waals surface area (Å²) in [5.74, 6) is -0.0255. The van der Waals surface area contributed by atoms with Crippen molar-refractivity contribution >= 4 is 43.3 Å². The molecule has 1 amide bonds. The van der Waals surface area contributed by atoms with Crippen molar-refractivity contribution in [2.24, 2.45) is 0 Å². The number of amides is 1. The number of carbonyl (C=O) groups is 1. The first-order chi connectivity index (χ1) is 37.4. The van der Waals surface area contributed by atoms with Crippen LogP contribution in [0.2, 0.25) is 10.1 Å². The van der Waals surface area contributed by atoms with E-state index in [1.165, 1.54) is 149 Å². The van der Waals surface area contributed by atoms with Crippen LogP contribution in [0, 0.1) is 0 Å². The highest BCUT2D eigenvalue weighted by molar-refractivity contribution is 7.00. The lowest BCUT2D eigenvalue weighted by molar-refractivity contribution is -0.140. The molecule has 0 aliphatic heterocycles. The molecule has 1 atom stereocenters. The minimum Gasteiger partial charge on any atom is -0.406 e. The number of aliphatic hydroxyl groups is 1. The maximum absolute atomic E-state index is 15.8. The van der Waals surface area contributed by atoms with Crippen molar-refractivity contribution in [3.8, 4) is 0 Å². The van der Waals surface area contributed by atoms with E-state index < -0.39 is 22.2 Å². The highest BCUT2D eigenvalue weighted by Gasteiger charge is 2.56. The molecular weight excluding hydrogens is 979 g/mol. The number of hydrogen-bond acceptors (Lipinski definition) is 5. The van der Waals surface area contributed by atoms with Crippen molar-refractivity contribution in [2.75, 3.05) is 33.0 Å². The Balaban J connectivity index is 1.56. The molecule has 0 aliphatic carbocycles. The average molecular weight is 1090 g/mol. The maximum atomic E-state index is 15.8. The van der Waals surface area contributed by atoms with Crippen molar-refractivity contribution in [3.63, 3.8) is 0 Å². The molecule has 0 radical (unpaired) electrons. The number of unbranched alkanes of at least 4 members (excludes halogenated alkanes) is 24. The first-order valence-electron chi connectivity index (χ1n) is 31.4. The molecule has 0 aliphatic rings. The molecule has 0 aromatic heterocycles. The van der Waals surface area contributed by atoms with Gasteiger partial charge in [0.15, 0.2) is 0 Å². The van der Waals surface area contributed by atoms with E-state index in [1.54, 1.807) is 0 Å². The van der Waals surface area contributed by atoms with Crippen LogP contribution in [-0.2, 0) is 18.4 Å². The number of rotatable bonds is 44. The molecule has 0 fully saturated rings. The Kier molecular flexibility index (Phi) is 32.2. The number of ether oxygens (including phenoxy) is 1. The van der Waals surface area contributed by atoms with Crippen LogP contribution in [0.3, 0.4) is 0 Å². The van der Waals surface area contributed by atoms with Gasteiger partial charge in [-0.2, -0.15) is 0 Å². The second-order valence-electron chi connectivity index (χ2n) is 24.6. The lowest BCUT2D eigenvalue weighted by atomic mass is 9.89. The smallest absolute Gasteiger partial charge is 0.262 e. The minimum absolute atomic E-state index is 0.0255. The molecule has 0 bridgehead atoms. The molecule has 430 valence electrons. The van der Waals surface area contributed by atoms with Crippen LogP contribution in [0.1, 0.15) is 235 Å². The predicted octanol–water partition coefficient (Wildman–Crippen LogP) is 16.3. The summed E-state index contributed by atoms with van der Waals surface area (Å²) in [6.45, 7) is 18.7. The zero-order chi connectivity index (χ0) is 55.4. The predicted molar refractivity (Wildman–Crippen MR) is 335 cm³/mol. The summed E-state index contributed by atoms with van der Waals surface area (Å²) in [5.41, 5.74) is -1.10. The van der Waals surface area contributed by atoms with E-state index in [0.717, 1.165) is 51.6 Å². The summed E-state index contributed by atoms with van der Waals surface area (Å²) < 4.78 is 22.0. The van der Waals surface area contributed by atoms with Crippen molar-refractivity contribution in [1.82, 2.24) is 5.32 Å². The van der Waals surface area contributed by atoms with E-state index in [1.807, 2.05) is 0 Å². The van der Waals surface area contributed by atoms with E-state index in [9.17, 15) is 0 Å².